The van der Waals surface area contributed by atoms with Gasteiger partial charge in [0.25, 0.3) is 0 Å². The molecule has 1 heterocycles. The Morgan fingerprint density at radius 3 is 2.41 bits per heavy atom. The molecule has 1 aromatic heterocycles. The molecule has 1 aromatic rings. The first-order chi connectivity index (χ1) is 8.16. The van der Waals surface area contributed by atoms with Crippen molar-refractivity contribution in [1.29, 1.82) is 0 Å². The molecule has 0 aliphatic heterocycles. The standard InChI is InChI=1S/C10H16N4O2S/c15-17(16,13-9-5-2-1-3-6-9)14-10-11-7-4-8-12-10/h4,7-9,13H,1-3,5-6H2,(H,11,12,14). The van der Waals surface area contributed by atoms with Gasteiger partial charge in [-0.25, -0.2) is 14.7 Å². The second kappa shape index (κ2) is 5.42. The van der Waals surface area contributed by atoms with Crippen LogP contribution in [0.25, 0.3) is 0 Å². The van der Waals surface area contributed by atoms with Crippen LogP contribution in [0.5, 0.6) is 0 Å². The molecular weight excluding hydrogens is 240 g/mol. The maximum atomic E-state index is 11.8. The average molecular weight is 256 g/mol. The molecule has 1 aliphatic carbocycles. The third-order valence-corrected chi connectivity index (χ3v) is 3.81. The molecule has 0 amide bonds. The largest absolute Gasteiger partial charge is 0.301 e. The van der Waals surface area contributed by atoms with E-state index < -0.39 is 10.2 Å². The summed E-state index contributed by atoms with van der Waals surface area (Å²) in [6.45, 7) is 0. The summed E-state index contributed by atoms with van der Waals surface area (Å²) in [5.74, 6) is 0.0933. The molecule has 7 heteroatoms. The summed E-state index contributed by atoms with van der Waals surface area (Å²) >= 11 is 0. The molecule has 0 bridgehead atoms. The molecule has 0 saturated heterocycles. The van der Waals surface area contributed by atoms with Gasteiger partial charge in [0.1, 0.15) is 0 Å². The van der Waals surface area contributed by atoms with Crippen LogP contribution in [0.2, 0.25) is 0 Å². The number of hydrogen-bond acceptors (Lipinski definition) is 4. The maximum absolute atomic E-state index is 11.8. The second-order valence-corrected chi connectivity index (χ2v) is 5.58. The Morgan fingerprint density at radius 2 is 1.76 bits per heavy atom. The molecule has 1 fully saturated rings. The van der Waals surface area contributed by atoms with Crippen molar-refractivity contribution in [3.8, 4) is 0 Å². The number of rotatable bonds is 4. The Bertz CT molecular complexity index is 443. The van der Waals surface area contributed by atoms with Crippen molar-refractivity contribution in [3.05, 3.63) is 18.5 Å². The van der Waals surface area contributed by atoms with Crippen molar-refractivity contribution in [2.45, 2.75) is 38.1 Å². The SMILES string of the molecule is O=S(=O)(Nc1ncccn1)NC1CCCCC1. The van der Waals surface area contributed by atoms with E-state index in [-0.39, 0.29) is 12.0 Å². The second-order valence-electron chi connectivity index (χ2n) is 4.13. The number of hydrogen-bond donors (Lipinski definition) is 2. The quantitative estimate of drug-likeness (QED) is 0.843. The van der Waals surface area contributed by atoms with E-state index >= 15 is 0 Å². The van der Waals surface area contributed by atoms with E-state index in [1.807, 2.05) is 0 Å². The van der Waals surface area contributed by atoms with E-state index in [9.17, 15) is 8.42 Å². The molecule has 0 unspecified atom stereocenters. The number of anilines is 1. The summed E-state index contributed by atoms with van der Waals surface area (Å²) in [5.41, 5.74) is 0. The van der Waals surface area contributed by atoms with E-state index in [4.69, 9.17) is 0 Å². The normalized spacial score (nSPS) is 17.9. The van der Waals surface area contributed by atoms with Crippen LogP contribution < -0.4 is 9.44 Å². The van der Waals surface area contributed by atoms with Gasteiger partial charge >= 0.3 is 10.2 Å². The van der Waals surface area contributed by atoms with Crippen LogP contribution in [0.1, 0.15) is 32.1 Å². The topological polar surface area (TPSA) is 84.0 Å². The van der Waals surface area contributed by atoms with Crippen molar-refractivity contribution < 1.29 is 8.42 Å². The maximum Gasteiger partial charge on any atom is 0.301 e. The fourth-order valence-electron chi connectivity index (χ4n) is 1.94. The third kappa shape index (κ3) is 3.94. The van der Waals surface area contributed by atoms with Gasteiger partial charge in [-0.15, -0.1) is 0 Å². The van der Waals surface area contributed by atoms with Crippen LogP contribution in [0.15, 0.2) is 18.5 Å². The molecule has 0 radical (unpaired) electrons. The zero-order chi connectivity index (χ0) is 12.1. The van der Waals surface area contributed by atoms with Gasteiger partial charge in [0.15, 0.2) is 0 Å². The van der Waals surface area contributed by atoms with Crippen molar-refractivity contribution in [2.24, 2.45) is 0 Å². The van der Waals surface area contributed by atoms with E-state index in [1.54, 1.807) is 6.07 Å². The van der Waals surface area contributed by atoms with Gasteiger partial charge < -0.3 is 0 Å². The zero-order valence-corrected chi connectivity index (χ0v) is 10.3. The van der Waals surface area contributed by atoms with Crippen LogP contribution in [-0.2, 0) is 10.2 Å². The first-order valence-electron chi connectivity index (χ1n) is 5.73. The van der Waals surface area contributed by atoms with Crippen LogP contribution in [0.3, 0.4) is 0 Å². The first-order valence-corrected chi connectivity index (χ1v) is 7.21. The molecule has 0 aromatic carbocycles. The van der Waals surface area contributed by atoms with Gasteiger partial charge in [0, 0.05) is 18.4 Å². The van der Waals surface area contributed by atoms with Crippen LogP contribution in [-0.4, -0.2) is 24.4 Å². The van der Waals surface area contributed by atoms with Crippen molar-refractivity contribution >= 4 is 16.2 Å². The van der Waals surface area contributed by atoms with Gasteiger partial charge in [-0.05, 0) is 18.9 Å². The highest BCUT2D eigenvalue weighted by Gasteiger charge is 2.20. The van der Waals surface area contributed by atoms with Crippen LogP contribution >= 0.6 is 0 Å². The molecule has 0 atom stereocenters. The summed E-state index contributed by atoms with van der Waals surface area (Å²) in [5, 5.41) is 0. The molecule has 17 heavy (non-hydrogen) atoms. The highest BCUT2D eigenvalue weighted by molar-refractivity contribution is 7.90. The minimum atomic E-state index is -3.56. The lowest BCUT2D eigenvalue weighted by atomic mass is 9.96. The lowest BCUT2D eigenvalue weighted by Crippen LogP contribution is -2.40. The van der Waals surface area contributed by atoms with Gasteiger partial charge in [-0.3, -0.25) is 0 Å². The predicted octanol–water partition coefficient (Wildman–Crippen LogP) is 1.06. The summed E-state index contributed by atoms with van der Waals surface area (Å²) in [6.07, 6.45) is 8.13. The van der Waals surface area contributed by atoms with E-state index in [1.165, 1.54) is 18.8 Å². The van der Waals surface area contributed by atoms with Crippen molar-refractivity contribution in [2.75, 3.05) is 4.72 Å². The van der Waals surface area contributed by atoms with Gasteiger partial charge in [-0.2, -0.15) is 13.1 Å². The average Bonchev–Trinajstić information content (AvgIpc) is 2.30. The van der Waals surface area contributed by atoms with Crippen LogP contribution in [0, 0.1) is 0 Å². The smallest absolute Gasteiger partial charge is 0.238 e. The summed E-state index contributed by atoms with van der Waals surface area (Å²) in [6, 6.07) is 1.66. The Morgan fingerprint density at radius 1 is 1.12 bits per heavy atom. The lowest BCUT2D eigenvalue weighted by molar-refractivity contribution is 0.413. The predicted molar refractivity (Wildman–Crippen MR) is 64.6 cm³/mol. The fourth-order valence-corrected chi connectivity index (χ4v) is 3.02. The highest BCUT2D eigenvalue weighted by Crippen LogP contribution is 2.18. The van der Waals surface area contributed by atoms with Gasteiger partial charge in [-0.1, -0.05) is 19.3 Å². The van der Waals surface area contributed by atoms with E-state index in [2.05, 4.69) is 19.4 Å². The fraction of sp³-hybridized carbons (Fsp3) is 0.600. The summed E-state index contributed by atoms with van der Waals surface area (Å²) in [4.78, 5) is 7.63. The van der Waals surface area contributed by atoms with Crippen molar-refractivity contribution in [1.82, 2.24) is 14.7 Å². The lowest BCUT2D eigenvalue weighted by Gasteiger charge is -2.22. The molecule has 1 saturated carbocycles. The van der Waals surface area contributed by atoms with E-state index in [0.29, 0.717) is 0 Å². The Labute approximate surface area is 101 Å². The van der Waals surface area contributed by atoms with E-state index in [0.717, 1.165) is 25.7 Å². The van der Waals surface area contributed by atoms with Crippen molar-refractivity contribution in [3.63, 3.8) is 0 Å². The molecular formula is C10H16N4O2S. The Hall–Kier alpha value is -1.21. The highest BCUT2D eigenvalue weighted by atomic mass is 32.2. The van der Waals surface area contributed by atoms with Crippen LogP contribution in [0.4, 0.5) is 5.95 Å². The molecule has 1 aliphatic rings. The molecule has 0 spiro atoms. The Kier molecular flexibility index (Phi) is 3.90. The molecule has 94 valence electrons. The van der Waals surface area contributed by atoms with Gasteiger partial charge in [0.05, 0.1) is 0 Å². The third-order valence-electron chi connectivity index (χ3n) is 2.72. The Balaban J connectivity index is 1.94. The van der Waals surface area contributed by atoms with Gasteiger partial charge in [0.2, 0.25) is 5.95 Å². The molecule has 2 N–H and O–H groups in total. The number of aromatic nitrogens is 2. The summed E-state index contributed by atoms with van der Waals surface area (Å²) in [7, 11) is -3.56. The summed E-state index contributed by atoms with van der Waals surface area (Å²) < 4.78 is 28.5. The monoisotopic (exact) mass is 256 g/mol. The number of nitrogens with one attached hydrogen (secondary N) is 2. The molecule has 6 nitrogen and oxygen atoms in total. The minimum absolute atomic E-state index is 0.0324. The number of nitrogens with zero attached hydrogens (tertiary/aromatic N) is 2. The minimum Gasteiger partial charge on any atom is -0.238 e. The zero-order valence-electron chi connectivity index (χ0n) is 9.46. The molecule has 2 rings (SSSR count). The first kappa shape index (κ1) is 12.3.